The number of aromatic nitrogens is 4. The Bertz CT molecular complexity index is 937. The van der Waals surface area contributed by atoms with Crippen molar-refractivity contribution in [1.29, 1.82) is 0 Å². The zero-order valence-corrected chi connectivity index (χ0v) is 16.3. The first kappa shape index (κ1) is 18.2. The molecular formula is C20H25ClN6. The Labute approximate surface area is 164 Å². The summed E-state index contributed by atoms with van der Waals surface area (Å²) in [7, 11) is 0. The Morgan fingerprint density at radius 3 is 2.89 bits per heavy atom. The third-order valence-electron chi connectivity index (χ3n) is 5.35. The molecule has 0 bridgehead atoms. The molecule has 1 fully saturated rings. The van der Waals surface area contributed by atoms with Crippen molar-refractivity contribution in [3.63, 3.8) is 0 Å². The highest BCUT2D eigenvalue weighted by atomic mass is 35.5. The molecule has 3 aromatic rings. The van der Waals surface area contributed by atoms with Crippen molar-refractivity contribution < 1.29 is 0 Å². The lowest BCUT2D eigenvalue weighted by Crippen LogP contribution is -2.34. The van der Waals surface area contributed by atoms with Crippen LogP contribution in [0, 0.1) is 5.92 Å². The van der Waals surface area contributed by atoms with Crippen LogP contribution in [0.4, 0.5) is 11.5 Å². The zero-order valence-electron chi connectivity index (χ0n) is 15.5. The van der Waals surface area contributed by atoms with Crippen molar-refractivity contribution in [3.05, 3.63) is 41.4 Å². The number of nitrogens with zero attached hydrogens (tertiary/aromatic N) is 4. The van der Waals surface area contributed by atoms with Crippen molar-refractivity contribution in [2.75, 3.05) is 5.32 Å². The number of nitrogens with two attached hydrogens (primary N) is 1. The number of aryl methyl sites for hydroxylation is 1. The molecule has 0 spiro atoms. The van der Waals surface area contributed by atoms with E-state index in [1.165, 1.54) is 12.8 Å². The summed E-state index contributed by atoms with van der Waals surface area (Å²) in [6.45, 7) is 2.90. The molecule has 2 unspecified atom stereocenters. The minimum Gasteiger partial charge on any atom is -0.338 e. The van der Waals surface area contributed by atoms with Gasteiger partial charge in [0.25, 0.3) is 0 Å². The number of anilines is 2. The van der Waals surface area contributed by atoms with Crippen LogP contribution in [0.5, 0.6) is 0 Å². The number of nitrogens with one attached hydrogen (secondary N) is 1. The molecule has 1 aliphatic carbocycles. The summed E-state index contributed by atoms with van der Waals surface area (Å²) in [6, 6.07) is 7.84. The summed E-state index contributed by atoms with van der Waals surface area (Å²) in [6.07, 6.45) is 7.32. The topological polar surface area (TPSA) is 81.7 Å². The highest BCUT2D eigenvalue weighted by Gasteiger charge is 2.24. The predicted octanol–water partition coefficient (Wildman–Crippen LogP) is 4.30. The van der Waals surface area contributed by atoms with E-state index >= 15 is 0 Å². The molecule has 27 heavy (non-hydrogen) atoms. The van der Waals surface area contributed by atoms with Gasteiger partial charge in [0.1, 0.15) is 5.82 Å². The van der Waals surface area contributed by atoms with Crippen molar-refractivity contribution >= 4 is 34.3 Å². The standard InChI is InChI=1S/C20H25ClN6/c1-2-27-12-23-18-19(24-15-8-5-7-14(21)11-15)25-17(26-20(18)27)10-13-6-3-4-9-16(13)22/h5,7-8,11-13,16H,2-4,6,9-10,22H2,1H3,(H,24,25,26). The highest BCUT2D eigenvalue weighted by molar-refractivity contribution is 6.30. The highest BCUT2D eigenvalue weighted by Crippen LogP contribution is 2.28. The van der Waals surface area contributed by atoms with E-state index in [1.54, 1.807) is 0 Å². The lowest BCUT2D eigenvalue weighted by atomic mass is 9.83. The minimum atomic E-state index is 0.235. The number of hydrogen-bond donors (Lipinski definition) is 2. The van der Waals surface area contributed by atoms with E-state index in [4.69, 9.17) is 27.3 Å². The van der Waals surface area contributed by atoms with E-state index < -0.39 is 0 Å². The normalized spacial score (nSPS) is 20.1. The van der Waals surface area contributed by atoms with Crippen LogP contribution in [0.3, 0.4) is 0 Å². The van der Waals surface area contributed by atoms with Gasteiger partial charge in [0.15, 0.2) is 17.0 Å². The summed E-state index contributed by atoms with van der Waals surface area (Å²) < 4.78 is 2.05. The molecular weight excluding hydrogens is 360 g/mol. The monoisotopic (exact) mass is 384 g/mol. The van der Waals surface area contributed by atoms with E-state index in [9.17, 15) is 0 Å². The maximum absolute atomic E-state index is 6.35. The van der Waals surface area contributed by atoms with Crippen molar-refractivity contribution in [2.24, 2.45) is 11.7 Å². The van der Waals surface area contributed by atoms with E-state index in [0.29, 0.717) is 16.8 Å². The van der Waals surface area contributed by atoms with Gasteiger partial charge in [0.2, 0.25) is 0 Å². The molecule has 3 N–H and O–H groups in total. The van der Waals surface area contributed by atoms with Gasteiger partial charge in [0, 0.05) is 29.7 Å². The van der Waals surface area contributed by atoms with Crippen LogP contribution < -0.4 is 11.1 Å². The first-order valence-electron chi connectivity index (χ1n) is 9.64. The first-order valence-corrected chi connectivity index (χ1v) is 10.0. The molecule has 7 heteroatoms. The Balaban J connectivity index is 1.71. The smallest absolute Gasteiger partial charge is 0.165 e. The average molecular weight is 385 g/mol. The zero-order chi connectivity index (χ0) is 18.8. The number of imidazole rings is 1. The molecule has 0 aliphatic heterocycles. The van der Waals surface area contributed by atoms with Crippen LogP contribution in [0.1, 0.15) is 38.4 Å². The SMILES string of the molecule is CCn1cnc2c(Nc3cccc(Cl)c3)nc(CC3CCCCC3N)nc21. The Kier molecular flexibility index (Phi) is 5.27. The first-order chi connectivity index (χ1) is 13.1. The average Bonchev–Trinajstić information content (AvgIpc) is 3.07. The van der Waals surface area contributed by atoms with Crippen LogP contribution in [0.25, 0.3) is 11.2 Å². The molecule has 2 atom stereocenters. The van der Waals surface area contributed by atoms with Gasteiger partial charge in [-0.15, -0.1) is 0 Å². The second-order valence-corrected chi connectivity index (χ2v) is 7.68. The summed E-state index contributed by atoms with van der Waals surface area (Å²) in [4.78, 5) is 14.2. The lowest BCUT2D eigenvalue weighted by molar-refractivity contribution is 0.302. The quantitative estimate of drug-likeness (QED) is 0.685. The summed E-state index contributed by atoms with van der Waals surface area (Å²) in [5, 5.41) is 4.05. The predicted molar refractivity (Wildman–Crippen MR) is 109 cm³/mol. The fourth-order valence-electron chi connectivity index (χ4n) is 3.83. The second kappa shape index (κ2) is 7.82. The fraction of sp³-hybridized carbons (Fsp3) is 0.450. The van der Waals surface area contributed by atoms with Gasteiger partial charge in [-0.2, -0.15) is 0 Å². The summed E-state index contributed by atoms with van der Waals surface area (Å²) in [5.41, 5.74) is 8.86. The van der Waals surface area contributed by atoms with Gasteiger partial charge in [-0.1, -0.05) is 30.5 Å². The Morgan fingerprint density at radius 1 is 1.26 bits per heavy atom. The maximum Gasteiger partial charge on any atom is 0.165 e. The van der Waals surface area contributed by atoms with Gasteiger partial charge in [-0.3, -0.25) is 0 Å². The van der Waals surface area contributed by atoms with Crippen LogP contribution in [-0.2, 0) is 13.0 Å². The third kappa shape index (κ3) is 3.92. The van der Waals surface area contributed by atoms with Crippen LogP contribution >= 0.6 is 11.6 Å². The van der Waals surface area contributed by atoms with E-state index in [2.05, 4.69) is 17.2 Å². The molecule has 1 aromatic carbocycles. The Morgan fingerprint density at radius 2 is 2.11 bits per heavy atom. The second-order valence-electron chi connectivity index (χ2n) is 7.24. The molecule has 0 radical (unpaired) electrons. The summed E-state index contributed by atoms with van der Waals surface area (Å²) >= 11 is 6.13. The van der Waals surface area contributed by atoms with Crippen LogP contribution in [-0.4, -0.2) is 25.6 Å². The van der Waals surface area contributed by atoms with Gasteiger partial charge in [-0.25, -0.2) is 15.0 Å². The van der Waals surface area contributed by atoms with Gasteiger partial charge in [-0.05, 0) is 43.9 Å². The molecule has 6 nitrogen and oxygen atoms in total. The number of hydrogen-bond acceptors (Lipinski definition) is 5. The van der Waals surface area contributed by atoms with Crippen molar-refractivity contribution in [3.8, 4) is 0 Å². The maximum atomic E-state index is 6.35. The van der Waals surface area contributed by atoms with Gasteiger partial charge >= 0.3 is 0 Å². The molecule has 142 valence electrons. The van der Waals surface area contributed by atoms with Gasteiger partial charge in [0.05, 0.1) is 6.33 Å². The van der Waals surface area contributed by atoms with Crippen molar-refractivity contribution in [1.82, 2.24) is 19.5 Å². The number of rotatable bonds is 5. The molecule has 0 amide bonds. The largest absolute Gasteiger partial charge is 0.338 e. The number of fused-ring (bicyclic) bond motifs is 1. The van der Waals surface area contributed by atoms with Crippen LogP contribution in [0.15, 0.2) is 30.6 Å². The fourth-order valence-corrected chi connectivity index (χ4v) is 4.02. The van der Waals surface area contributed by atoms with E-state index in [-0.39, 0.29) is 6.04 Å². The Hall–Kier alpha value is -2.18. The molecule has 2 aromatic heterocycles. The molecule has 2 heterocycles. The molecule has 4 rings (SSSR count). The third-order valence-corrected chi connectivity index (χ3v) is 5.59. The molecule has 1 saturated carbocycles. The van der Waals surface area contributed by atoms with Crippen LogP contribution in [0.2, 0.25) is 5.02 Å². The van der Waals surface area contributed by atoms with Crippen molar-refractivity contribution in [2.45, 2.75) is 51.6 Å². The van der Waals surface area contributed by atoms with E-state index in [0.717, 1.165) is 48.5 Å². The molecule has 0 saturated heterocycles. The number of halogens is 1. The van der Waals surface area contributed by atoms with E-state index in [1.807, 2.05) is 35.2 Å². The van der Waals surface area contributed by atoms with Gasteiger partial charge < -0.3 is 15.6 Å². The summed E-state index contributed by atoms with van der Waals surface area (Å²) in [5.74, 6) is 1.98. The molecule has 1 aliphatic rings. The lowest BCUT2D eigenvalue weighted by Gasteiger charge is -2.28. The minimum absolute atomic E-state index is 0.235. The number of benzene rings is 1.